The standard InChI is InChI=1S/C51H74O10/c1-5-9-13-17-21-25-29-39(53)43-46(57)44(40(54)30-26-22-18-14-10-6-2)50-45(49(43)59-41(55)31-27-23-19-15-11-7-3)47(58)51(48(61-50)37-33-35-38(52)36-34-37)60-42(56)32-28-24-20-16-12-8-4/h33-36,52,57H,5-32H2,1-4H3. The third-order valence-corrected chi connectivity index (χ3v) is 11.3. The van der Waals surface area contributed by atoms with Crippen molar-refractivity contribution in [2.24, 2.45) is 0 Å². The van der Waals surface area contributed by atoms with E-state index in [2.05, 4.69) is 27.7 Å². The van der Waals surface area contributed by atoms with E-state index in [0.717, 1.165) is 128 Å². The Morgan fingerprint density at radius 1 is 0.492 bits per heavy atom. The molecule has 0 aliphatic heterocycles. The van der Waals surface area contributed by atoms with Crippen molar-refractivity contribution in [1.82, 2.24) is 0 Å². The van der Waals surface area contributed by atoms with E-state index in [1.807, 2.05) is 0 Å². The summed E-state index contributed by atoms with van der Waals surface area (Å²) >= 11 is 0. The van der Waals surface area contributed by atoms with Gasteiger partial charge < -0.3 is 24.1 Å². The molecule has 0 saturated heterocycles. The molecule has 0 bridgehead atoms. The SMILES string of the molecule is CCCCCCCCC(=O)Oc1c(-c2ccc(O)cc2)oc2c(C(=O)CCCCCCCC)c(O)c(C(=O)CCCCCCCC)c(OC(=O)CCCCCCCC)c2c1=O. The summed E-state index contributed by atoms with van der Waals surface area (Å²) in [7, 11) is 0. The van der Waals surface area contributed by atoms with E-state index in [4.69, 9.17) is 13.9 Å². The van der Waals surface area contributed by atoms with Gasteiger partial charge in [-0.05, 0) is 49.9 Å². The molecule has 61 heavy (non-hydrogen) atoms. The molecule has 0 fully saturated rings. The molecule has 0 spiro atoms. The molecular weight excluding hydrogens is 773 g/mol. The van der Waals surface area contributed by atoms with Crippen LogP contribution in [0.2, 0.25) is 0 Å². The fourth-order valence-corrected chi connectivity index (χ4v) is 7.69. The van der Waals surface area contributed by atoms with Crippen molar-refractivity contribution in [3.63, 3.8) is 0 Å². The molecule has 0 aliphatic carbocycles. The van der Waals surface area contributed by atoms with E-state index in [1.165, 1.54) is 24.3 Å². The van der Waals surface area contributed by atoms with Crippen LogP contribution in [0, 0.1) is 0 Å². The Balaban J connectivity index is 2.28. The zero-order valence-electron chi connectivity index (χ0n) is 37.8. The highest BCUT2D eigenvalue weighted by molar-refractivity contribution is 6.17. The van der Waals surface area contributed by atoms with Gasteiger partial charge in [0.15, 0.2) is 28.7 Å². The first kappa shape index (κ1) is 50.9. The number of Topliss-reactive ketones (excluding diaryl/α,β-unsaturated/α-hetero) is 2. The van der Waals surface area contributed by atoms with Crippen LogP contribution in [0.15, 0.2) is 33.5 Å². The van der Waals surface area contributed by atoms with E-state index in [0.29, 0.717) is 25.7 Å². The smallest absolute Gasteiger partial charge is 0.311 e. The first-order valence-corrected chi connectivity index (χ1v) is 23.8. The van der Waals surface area contributed by atoms with Gasteiger partial charge in [0.25, 0.3) is 0 Å². The molecule has 1 aromatic heterocycles. The summed E-state index contributed by atoms with van der Waals surface area (Å²) in [6.07, 6.45) is 21.7. The number of hydrogen-bond donors (Lipinski definition) is 2. The molecule has 2 aromatic carbocycles. The number of unbranched alkanes of at least 4 members (excludes halogenated alkanes) is 20. The highest BCUT2D eigenvalue weighted by Gasteiger charge is 2.34. The Morgan fingerprint density at radius 3 is 1.31 bits per heavy atom. The Bertz CT molecular complexity index is 1870. The van der Waals surface area contributed by atoms with Gasteiger partial charge in [-0.15, -0.1) is 0 Å². The molecule has 0 amide bonds. The van der Waals surface area contributed by atoms with Crippen LogP contribution in [0.4, 0.5) is 0 Å². The number of benzene rings is 2. The van der Waals surface area contributed by atoms with E-state index in [9.17, 15) is 29.4 Å². The normalized spacial score (nSPS) is 11.3. The predicted molar refractivity (Wildman–Crippen MR) is 243 cm³/mol. The largest absolute Gasteiger partial charge is 0.508 e. The molecule has 0 radical (unpaired) electrons. The maximum atomic E-state index is 15.0. The monoisotopic (exact) mass is 847 g/mol. The highest BCUT2D eigenvalue weighted by Crippen LogP contribution is 2.44. The number of carbonyl (C=O) groups is 4. The number of esters is 2. The lowest BCUT2D eigenvalue weighted by molar-refractivity contribution is -0.135. The number of hydrogen-bond acceptors (Lipinski definition) is 10. The number of aromatic hydroxyl groups is 2. The zero-order chi connectivity index (χ0) is 44.4. The number of phenolic OH excluding ortho intramolecular Hbond substituents is 2. The van der Waals surface area contributed by atoms with Gasteiger partial charge in [-0.3, -0.25) is 24.0 Å². The summed E-state index contributed by atoms with van der Waals surface area (Å²) in [5, 5.41) is 21.8. The highest BCUT2D eigenvalue weighted by atomic mass is 16.5. The minimum absolute atomic E-state index is 0.00422. The van der Waals surface area contributed by atoms with Crippen molar-refractivity contribution in [2.75, 3.05) is 0 Å². The molecule has 3 rings (SSSR count). The molecule has 10 nitrogen and oxygen atoms in total. The third kappa shape index (κ3) is 16.7. The second-order valence-electron chi connectivity index (χ2n) is 16.6. The van der Waals surface area contributed by atoms with Crippen molar-refractivity contribution < 1.29 is 43.3 Å². The first-order valence-electron chi connectivity index (χ1n) is 23.8. The molecule has 0 aliphatic rings. The maximum absolute atomic E-state index is 15.0. The van der Waals surface area contributed by atoms with Crippen molar-refractivity contribution in [3.05, 3.63) is 45.6 Å². The van der Waals surface area contributed by atoms with Gasteiger partial charge in [0.1, 0.15) is 28.0 Å². The van der Waals surface area contributed by atoms with Crippen LogP contribution in [0.3, 0.4) is 0 Å². The van der Waals surface area contributed by atoms with Crippen LogP contribution < -0.4 is 14.9 Å². The Morgan fingerprint density at radius 2 is 0.869 bits per heavy atom. The minimum atomic E-state index is -0.926. The third-order valence-electron chi connectivity index (χ3n) is 11.3. The summed E-state index contributed by atoms with van der Waals surface area (Å²) in [4.78, 5) is 70.7. The fourth-order valence-electron chi connectivity index (χ4n) is 7.69. The number of ketones is 2. The Labute approximate surface area is 364 Å². The van der Waals surface area contributed by atoms with Gasteiger partial charge in [0, 0.05) is 31.2 Å². The van der Waals surface area contributed by atoms with Crippen LogP contribution in [0.5, 0.6) is 23.0 Å². The molecule has 3 aromatic rings. The fraction of sp³-hybridized carbons (Fsp3) is 0.627. The van der Waals surface area contributed by atoms with Crippen LogP contribution in [-0.4, -0.2) is 33.7 Å². The van der Waals surface area contributed by atoms with E-state index in [-0.39, 0.29) is 53.9 Å². The molecule has 0 atom stereocenters. The van der Waals surface area contributed by atoms with Gasteiger partial charge in [-0.2, -0.15) is 0 Å². The van der Waals surface area contributed by atoms with E-state index in [1.54, 1.807) is 0 Å². The van der Waals surface area contributed by atoms with E-state index >= 15 is 4.79 Å². The number of carbonyl (C=O) groups excluding carboxylic acids is 4. The van der Waals surface area contributed by atoms with Gasteiger partial charge in [-0.1, -0.05) is 156 Å². The summed E-state index contributed by atoms with van der Waals surface area (Å²) in [6, 6.07) is 5.70. The lowest BCUT2D eigenvalue weighted by Gasteiger charge is -2.19. The van der Waals surface area contributed by atoms with Crippen molar-refractivity contribution in [1.29, 1.82) is 0 Å². The minimum Gasteiger partial charge on any atom is -0.508 e. The molecule has 1 heterocycles. The van der Waals surface area contributed by atoms with Gasteiger partial charge in [0.2, 0.25) is 11.2 Å². The lowest BCUT2D eigenvalue weighted by Crippen LogP contribution is -2.20. The van der Waals surface area contributed by atoms with Gasteiger partial charge >= 0.3 is 11.9 Å². The zero-order valence-corrected chi connectivity index (χ0v) is 37.8. The summed E-state index contributed by atoms with van der Waals surface area (Å²) in [5.41, 5.74) is -1.82. The van der Waals surface area contributed by atoms with Crippen molar-refractivity contribution in [3.8, 4) is 34.3 Å². The maximum Gasteiger partial charge on any atom is 0.311 e. The van der Waals surface area contributed by atoms with Crippen LogP contribution in [0.25, 0.3) is 22.3 Å². The average molecular weight is 847 g/mol. The number of rotatable bonds is 33. The summed E-state index contributed by atoms with van der Waals surface area (Å²) in [6.45, 7) is 8.51. The molecule has 10 heteroatoms. The van der Waals surface area contributed by atoms with Crippen molar-refractivity contribution in [2.45, 2.75) is 207 Å². The average Bonchev–Trinajstić information content (AvgIpc) is 3.24. The van der Waals surface area contributed by atoms with Gasteiger partial charge in [-0.25, -0.2) is 0 Å². The van der Waals surface area contributed by atoms with Crippen molar-refractivity contribution >= 4 is 34.5 Å². The number of phenols is 2. The topological polar surface area (TPSA) is 157 Å². The van der Waals surface area contributed by atoms with Gasteiger partial charge in [0.05, 0.1) is 0 Å². The van der Waals surface area contributed by atoms with Crippen LogP contribution >= 0.6 is 0 Å². The number of fused-ring (bicyclic) bond motifs is 1. The van der Waals surface area contributed by atoms with Crippen LogP contribution in [-0.2, 0) is 9.59 Å². The second kappa shape index (κ2) is 28.9. The molecular formula is C51H74O10. The van der Waals surface area contributed by atoms with Crippen LogP contribution in [0.1, 0.15) is 228 Å². The quantitative estimate of drug-likeness (QED) is 0.0262. The number of ether oxygens (including phenoxy) is 2. The lowest BCUT2D eigenvalue weighted by atomic mass is 9.92. The Hall–Kier alpha value is -4.47. The molecule has 2 N–H and O–H groups in total. The molecule has 0 saturated carbocycles. The molecule has 0 unspecified atom stereocenters. The molecule has 338 valence electrons. The second-order valence-corrected chi connectivity index (χ2v) is 16.6. The van der Waals surface area contributed by atoms with E-state index < -0.39 is 57.1 Å². The Kier molecular flexibility index (Phi) is 24.1. The first-order chi connectivity index (χ1) is 29.6. The summed E-state index contributed by atoms with van der Waals surface area (Å²) < 4.78 is 18.3. The predicted octanol–water partition coefficient (Wildman–Crippen LogP) is 14.0. The summed E-state index contributed by atoms with van der Waals surface area (Å²) in [5.74, 6) is -4.47.